The largest absolute Gasteiger partial charge is 0.386 e. The third-order valence-corrected chi connectivity index (χ3v) is 5.01. The van der Waals surface area contributed by atoms with Crippen molar-refractivity contribution in [3.05, 3.63) is 34.9 Å². The zero-order chi connectivity index (χ0) is 15.0. The summed E-state index contributed by atoms with van der Waals surface area (Å²) in [5, 5.41) is 12.7. The fourth-order valence-electron chi connectivity index (χ4n) is 2.25. The molecule has 20 heavy (non-hydrogen) atoms. The van der Waals surface area contributed by atoms with Gasteiger partial charge in [0.1, 0.15) is 5.60 Å². The molecule has 1 aromatic carbocycles. The number of halogens is 2. The Hall–Kier alpha value is -0.590. The molecule has 1 fully saturated rings. The molecule has 1 unspecified atom stereocenters. The molecule has 0 aliphatic heterocycles. The Morgan fingerprint density at radius 3 is 2.55 bits per heavy atom. The van der Waals surface area contributed by atoms with Gasteiger partial charge in [-0.3, -0.25) is 5.01 Å². The van der Waals surface area contributed by atoms with Crippen LogP contribution >= 0.6 is 35.4 Å². The van der Waals surface area contributed by atoms with Crippen molar-refractivity contribution in [3.63, 3.8) is 0 Å². The van der Waals surface area contributed by atoms with Crippen molar-refractivity contribution in [2.24, 2.45) is 11.6 Å². The van der Waals surface area contributed by atoms with E-state index in [1.165, 1.54) is 0 Å². The van der Waals surface area contributed by atoms with Crippen LogP contribution in [0, 0.1) is 0 Å². The average Bonchev–Trinajstić information content (AvgIpc) is 3.12. The summed E-state index contributed by atoms with van der Waals surface area (Å²) in [5.41, 5.74) is 5.06. The van der Waals surface area contributed by atoms with Gasteiger partial charge in [-0.2, -0.15) is 0 Å². The van der Waals surface area contributed by atoms with Gasteiger partial charge < -0.3 is 10.8 Å². The van der Waals surface area contributed by atoms with Crippen molar-refractivity contribution in [2.45, 2.75) is 29.7 Å². The first-order valence-electron chi connectivity index (χ1n) is 6.24. The SMILES string of the molecule is NC(=S)N(N)CC(O)(Cc1ccccc1Cl)C1(Cl)CC1. The molecule has 5 N–H and O–H groups in total. The van der Waals surface area contributed by atoms with Crippen LogP contribution in [-0.4, -0.2) is 32.2 Å². The van der Waals surface area contributed by atoms with Crippen LogP contribution in [0.4, 0.5) is 0 Å². The summed E-state index contributed by atoms with van der Waals surface area (Å²) in [4.78, 5) is -0.700. The van der Waals surface area contributed by atoms with E-state index in [2.05, 4.69) is 0 Å². The number of hydrazine groups is 1. The lowest BCUT2D eigenvalue weighted by atomic mass is 9.88. The number of aliphatic hydroxyl groups is 1. The van der Waals surface area contributed by atoms with Crippen LogP contribution in [0.1, 0.15) is 18.4 Å². The summed E-state index contributed by atoms with van der Waals surface area (Å²) in [6, 6.07) is 7.34. The molecule has 4 nitrogen and oxygen atoms in total. The van der Waals surface area contributed by atoms with Crippen molar-refractivity contribution < 1.29 is 5.11 Å². The Morgan fingerprint density at radius 2 is 2.05 bits per heavy atom. The highest BCUT2D eigenvalue weighted by Gasteiger charge is 2.58. The Balaban J connectivity index is 2.24. The predicted octanol–water partition coefficient (Wildman–Crippen LogP) is 1.80. The molecular formula is C13H17Cl2N3OS. The molecule has 0 amide bonds. The van der Waals surface area contributed by atoms with Gasteiger partial charge in [-0.1, -0.05) is 29.8 Å². The van der Waals surface area contributed by atoms with Gasteiger partial charge in [-0.05, 0) is 36.7 Å². The molecule has 110 valence electrons. The lowest BCUT2D eigenvalue weighted by Crippen LogP contribution is -2.57. The van der Waals surface area contributed by atoms with Crippen LogP contribution in [0.5, 0.6) is 0 Å². The first kappa shape index (κ1) is 15.8. The monoisotopic (exact) mass is 333 g/mol. The molecule has 1 atom stereocenters. The maximum atomic E-state index is 11.0. The van der Waals surface area contributed by atoms with Crippen LogP contribution in [-0.2, 0) is 6.42 Å². The molecule has 1 aromatic rings. The van der Waals surface area contributed by atoms with Gasteiger partial charge >= 0.3 is 0 Å². The van der Waals surface area contributed by atoms with Crippen molar-refractivity contribution in [3.8, 4) is 0 Å². The zero-order valence-corrected chi connectivity index (χ0v) is 13.2. The van der Waals surface area contributed by atoms with E-state index < -0.39 is 10.5 Å². The number of rotatable bonds is 5. The number of nitrogens with zero attached hydrogens (tertiary/aromatic N) is 1. The van der Waals surface area contributed by atoms with Gasteiger partial charge in [0, 0.05) is 11.4 Å². The normalized spacial score (nSPS) is 19.2. The zero-order valence-electron chi connectivity index (χ0n) is 10.9. The Labute approximate surface area is 133 Å². The van der Waals surface area contributed by atoms with Crippen LogP contribution in [0.25, 0.3) is 0 Å². The van der Waals surface area contributed by atoms with Crippen molar-refractivity contribution in [1.29, 1.82) is 0 Å². The standard InChI is InChI=1S/C13H17Cl2N3OS/c14-10-4-2-1-3-9(10)7-13(19,12(15)5-6-12)8-18(17)11(16)20/h1-4,19H,5-8,17H2,(H2,16,20). The summed E-state index contributed by atoms with van der Waals surface area (Å²) in [7, 11) is 0. The molecule has 1 saturated carbocycles. The minimum atomic E-state index is -1.24. The molecule has 1 aliphatic carbocycles. The summed E-state index contributed by atoms with van der Waals surface area (Å²) in [6.07, 6.45) is 1.74. The van der Waals surface area contributed by atoms with Crippen LogP contribution < -0.4 is 11.6 Å². The van der Waals surface area contributed by atoms with E-state index in [0.717, 1.165) is 23.4 Å². The highest BCUT2D eigenvalue weighted by Crippen LogP contribution is 2.52. The van der Waals surface area contributed by atoms with Gasteiger partial charge in [-0.15, -0.1) is 11.6 Å². The van der Waals surface area contributed by atoms with E-state index in [0.29, 0.717) is 11.4 Å². The van der Waals surface area contributed by atoms with Gasteiger partial charge in [0.25, 0.3) is 0 Å². The second-order valence-electron chi connectivity index (χ2n) is 5.23. The highest BCUT2D eigenvalue weighted by molar-refractivity contribution is 7.80. The van der Waals surface area contributed by atoms with Crippen LogP contribution in [0.2, 0.25) is 5.02 Å². The second-order valence-corrected chi connectivity index (χ2v) is 6.78. The van der Waals surface area contributed by atoms with Gasteiger partial charge in [0.2, 0.25) is 0 Å². The molecule has 0 saturated heterocycles. The van der Waals surface area contributed by atoms with E-state index in [1.807, 2.05) is 18.2 Å². The molecule has 0 radical (unpaired) electrons. The van der Waals surface area contributed by atoms with Crippen LogP contribution in [0.15, 0.2) is 24.3 Å². The minimum Gasteiger partial charge on any atom is -0.386 e. The van der Waals surface area contributed by atoms with E-state index in [-0.39, 0.29) is 11.7 Å². The number of hydrogen-bond donors (Lipinski definition) is 3. The molecular weight excluding hydrogens is 317 g/mol. The number of nitrogens with two attached hydrogens (primary N) is 2. The average molecular weight is 334 g/mol. The summed E-state index contributed by atoms with van der Waals surface area (Å²) >= 11 is 17.4. The highest BCUT2D eigenvalue weighted by atomic mass is 35.5. The minimum absolute atomic E-state index is 0.0171. The maximum Gasteiger partial charge on any atom is 0.180 e. The quantitative estimate of drug-likeness (QED) is 0.331. The molecule has 0 aromatic heterocycles. The van der Waals surface area contributed by atoms with Gasteiger partial charge in [0.15, 0.2) is 5.11 Å². The third kappa shape index (κ3) is 3.18. The Bertz CT molecular complexity index is 524. The Morgan fingerprint density at radius 1 is 1.45 bits per heavy atom. The first-order valence-corrected chi connectivity index (χ1v) is 7.40. The van der Waals surface area contributed by atoms with Crippen molar-refractivity contribution in [1.82, 2.24) is 5.01 Å². The summed E-state index contributed by atoms with van der Waals surface area (Å²) in [6.45, 7) is 0.0665. The maximum absolute atomic E-state index is 11.0. The molecule has 7 heteroatoms. The fraction of sp³-hybridized carbons (Fsp3) is 0.462. The topological polar surface area (TPSA) is 75.5 Å². The second kappa shape index (κ2) is 5.66. The third-order valence-electron chi connectivity index (χ3n) is 3.68. The number of benzene rings is 1. The van der Waals surface area contributed by atoms with E-state index in [1.54, 1.807) is 6.07 Å². The van der Waals surface area contributed by atoms with Crippen molar-refractivity contribution in [2.75, 3.05) is 6.54 Å². The first-order chi connectivity index (χ1) is 9.27. The molecule has 2 rings (SSSR count). The molecule has 1 aliphatic rings. The number of alkyl halides is 1. The van der Waals surface area contributed by atoms with Gasteiger partial charge in [0.05, 0.1) is 11.4 Å². The number of thiocarbonyl (C=S) groups is 1. The summed E-state index contributed by atoms with van der Waals surface area (Å²) in [5.74, 6) is 5.73. The number of hydrogen-bond acceptors (Lipinski definition) is 3. The van der Waals surface area contributed by atoms with Gasteiger partial charge in [-0.25, -0.2) is 5.84 Å². The predicted molar refractivity (Wildman–Crippen MR) is 85.6 cm³/mol. The van der Waals surface area contributed by atoms with E-state index in [9.17, 15) is 5.11 Å². The lowest BCUT2D eigenvalue weighted by molar-refractivity contribution is 0.00859. The van der Waals surface area contributed by atoms with Crippen molar-refractivity contribution >= 4 is 40.5 Å². The molecule has 0 bridgehead atoms. The van der Waals surface area contributed by atoms with E-state index >= 15 is 0 Å². The smallest absolute Gasteiger partial charge is 0.180 e. The van der Waals surface area contributed by atoms with E-state index in [4.69, 9.17) is 47.0 Å². The lowest BCUT2D eigenvalue weighted by Gasteiger charge is -2.36. The molecule has 0 heterocycles. The molecule has 0 spiro atoms. The van der Waals surface area contributed by atoms with Crippen LogP contribution in [0.3, 0.4) is 0 Å². The Kier molecular flexibility index (Phi) is 4.47. The fourth-order valence-corrected chi connectivity index (χ4v) is 2.74. The summed E-state index contributed by atoms with van der Waals surface area (Å²) < 4.78 is 0.